The summed E-state index contributed by atoms with van der Waals surface area (Å²) in [6.45, 7) is 2.25. The summed E-state index contributed by atoms with van der Waals surface area (Å²) in [5.74, 6) is 1.38. The number of fused-ring (bicyclic) bond motifs is 1. The number of aromatic amines is 1. The number of benzene rings is 1. The lowest BCUT2D eigenvalue weighted by atomic mass is 9.85. The van der Waals surface area contributed by atoms with Crippen LogP contribution in [0.3, 0.4) is 0 Å². The number of hydrogen-bond acceptors (Lipinski definition) is 3. The average molecular weight is 292 g/mol. The fraction of sp³-hybridized carbons (Fsp3) is 0.333. The van der Waals surface area contributed by atoms with E-state index in [1.807, 2.05) is 18.5 Å². The maximum absolute atomic E-state index is 4.75. The molecule has 3 unspecified atom stereocenters. The minimum absolute atomic E-state index is 0.375. The molecule has 4 rings (SSSR count). The highest BCUT2D eigenvalue weighted by Gasteiger charge is 2.29. The quantitative estimate of drug-likeness (QED) is 0.759. The highest BCUT2D eigenvalue weighted by molar-refractivity contribution is 5.73. The van der Waals surface area contributed by atoms with Crippen LogP contribution in [0.25, 0.3) is 11.0 Å². The van der Waals surface area contributed by atoms with Crippen molar-refractivity contribution in [1.82, 2.24) is 20.3 Å². The zero-order chi connectivity index (χ0) is 14.9. The van der Waals surface area contributed by atoms with Gasteiger partial charge in [-0.1, -0.05) is 30.3 Å². The van der Waals surface area contributed by atoms with E-state index < -0.39 is 0 Å². The summed E-state index contributed by atoms with van der Waals surface area (Å²) in [6.07, 6.45) is 5.95. The smallest absolute Gasteiger partial charge is 0.132 e. The van der Waals surface area contributed by atoms with Gasteiger partial charge in [0, 0.05) is 24.2 Å². The molecule has 0 radical (unpaired) electrons. The first-order valence-electron chi connectivity index (χ1n) is 7.90. The average Bonchev–Trinajstić information content (AvgIpc) is 3.02. The molecule has 1 aliphatic rings. The first-order valence-corrected chi connectivity index (χ1v) is 7.90. The van der Waals surface area contributed by atoms with Crippen molar-refractivity contribution < 1.29 is 0 Å². The Hall–Kier alpha value is -2.20. The van der Waals surface area contributed by atoms with Crippen molar-refractivity contribution in [2.24, 2.45) is 0 Å². The molecular weight excluding hydrogens is 272 g/mol. The number of aromatic nitrogens is 3. The molecule has 0 amide bonds. The van der Waals surface area contributed by atoms with E-state index in [-0.39, 0.29) is 0 Å². The largest absolute Gasteiger partial charge is 0.359 e. The van der Waals surface area contributed by atoms with Gasteiger partial charge in [-0.3, -0.25) is 0 Å². The number of hydrogen-bond donors (Lipinski definition) is 2. The van der Waals surface area contributed by atoms with Gasteiger partial charge in [-0.15, -0.1) is 0 Å². The molecule has 0 aliphatic carbocycles. The van der Waals surface area contributed by atoms with Gasteiger partial charge in [-0.25, -0.2) is 9.97 Å². The molecule has 3 heterocycles. The molecular formula is C18H20N4. The second kappa shape index (κ2) is 5.54. The molecule has 22 heavy (non-hydrogen) atoms. The first-order chi connectivity index (χ1) is 10.8. The van der Waals surface area contributed by atoms with E-state index >= 15 is 0 Å². The normalized spacial score (nSPS) is 25.4. The van der Waals surface area contributed by atoms with Crippen molar-refractivity contribution in [3.63, 3.8) is 0 Å². The second-order valence-corrected chi connectivity index (χ2v) is 6.20. The molecule has 0 saturated carbocycles. The summed E-state index contributed by atoms with van der Waals surface area (Å²) >= 11 is 0. The first kappa shape index (κ1) is 13.5. The van der Waals surface area contributed by atoms with E-state index in [9.17, 15) is 0 Å². The summed E-state index contributed by atoms with van der Waals surface area (Å²) in [5, 5.41) is 3.70. The highest BCUT2D eigenvalue weighted by atomic mass is 15.0. The number of nitrogens with zero attached hydrogens (tertiary/aromatic N) is 2. The fourth-order valence-electron chi connectivity index (χ4n) is 3.47. The van der Waals surface area contributed by atoms with Gasteiger partial charge >= 0.3 is 0 Å². The Morgan fingerprint density at radius 3 is 2.82 bits per heavy atom. The SMILES string of the molecule is CC1CC(c2ncc3[nH]ccc3n2)CC(c2ccccc2)N1. The molecule has 3 aromatic rings. The molecule has 112 valence electrons. The summed E-state index contributed by atoms with van der Waals surface area (Å²) in [6, 6.07) is 13.5. The van der Waals surface area contributed by atoms with Gasteiger partial charge in [0.25, 0.3) is 0 Å². The maximum Gasteiger partial charge on any atom is 0.132 e. The van der Waals surface area contributed by atoms with Crippen molar-refractivity contribution in [3.05, 3.63) is 60.2 Å². The van der Waals surface area contributed by atoms with Crippen LogP contribution >= 0.6 is 0 Å². The number of nitrogens with one attached hydrogen (secondary N) is 2. The van der Waals surface area contributed by atoms with E-state index in [0.717, 1.165) is 29.7 Å². The Morgan fingerprint density at radius 1 is 1.09 bits per heavy atom. The summed E-state index contributed by atoms with van der Waals surface area (Å²) in [7, 11) is 0. The lowest BCUT2D eigenvalue weighted by Gasteiger charge is -2.34. The molecule has 2 N–H and O–H groups in total. The predicted molar refractivity (Wildman–Crippen MR) is 87.6 cm³/mol. The van der Waals surface area contributed by atoms with Gasteiger partial charge in [-0.2, -0.15) is 0 Å². The Morgan fingerprint density at radius 2 is 1.95 bits per heavy atom. The highest BCUT2D eigenvalue weighted by Crippen LogP contribution is 2.35. The van der Waals surface area contributed by atoms with Gasteiger partial charge in [0.2, 0.25) is 0 Å². The van der Waals surface area contributed by atoms with Crippen LogP contribution in [0.15, 0.2) is 48.8 Å². The van der Waals surface area contributed by atoms with Crippen molar-refractivity contribution >= 4 is 11.0 Å². The van der Waals surface area contributed by atoms with Gasteiger partial charge in [0.15, 0.2) is 0 Å². The molecule has 4 nitrogen and oxygen atoms in total. The molecule has 0 bridgehead atoms. The van der Waals surface area contributed by atoms with Crippen molar-refractivity contribution in [3.8, 4) is 0 Å². The van der Waals surface area contributed by atoms with Crippen LogP contribution < -0.4 is 5.32 Å². The monoisotopic (exact) mass is 292 g/mol. The Labute approximate surface area is 130 Å². The molecule has 4 heteroatoms. The van der Waals surface area contributed by atoms with Crippen LogP contribution in [0.5, 0.6) is 0 Å². The summed E-state index contributed by atoms with van der Waals surface area (Å²) in [5.41, 5.74) is 3.36. The van der Waals surface area contributed by atoms with Crippen LogP contribution in [0.1, 0.15) is 43.1 Å². The third kappa shape index (κ3) is 2.50. The number of H-pyrrole nitrogens is 1. The summed E-state index contributed by atoms with van der Waals surface area (Å²) < 4.78 is 0. The Kier molecular flexibility index (Phi) is 3.39. The third-order valence-corrected chi connectivity index (χ3v) is 4.53. The predicted octanol–water partition coefficient (Wildman–Crippen LogP) is 3.55. The van der Waals surface area contributed by atoms with E-state index in [2.05, 4.69) is 52.5 Å². The number of piperidine rings is 1. The van der Waals surface area contributed by atoms with Crippen molar-refractivity contribution in [2.75, 3.05) is 0 Å². The molecule has 1 aromatic carbocycles. The van der Waals surface area contributed by atoms with E-state index in [1.54, 1.807) is 0 Å². The molecule has 1 saturated heterocycles. The molecule has 2 aromatic heterocycles. The van der Waals surface area contributed by atoms with Gasteiger partial charge in [0.05, 0.1) is 17.2 Å². The van der Waals surface area contributed by atoms with Crippen LogP contribution in [0.4, 0.5) is 0 Å². The zero-order valence-electron chi connectivity index (χ0n) is 12.7. The van der Waals surface area contributed by atoms with Crippen LogP contribution in [0.2, 0.25) is 0 Å². The van der Waals surface area contributed by atoms with E-state index in [0.29, 0.717) is 18.0 Å². The lowest BCUT2D eigenvalue weighted by molar-refractivity contribution is 0.300. The van der Waals surface area contributed by atoms with Crippen LogP contribution in [0, 0.1) is 0 Å². The Balaban J connectivity index is 1.63. The lowest BCUT2D eigenvalue weighted by Crippen LogP contribution is -2.38. The minimum Gasteiger partial charge on any atom is -0.359 e. The topological polar surface area (TPSA) is 53.6 Å². The van der Waals surface area contributed by atoms with E-state index in [1.165, 1.54) is 5.56 Å². The molecule has 3 atom stereocenters. The third-order valence-electron chi connectivity index (χ3n) is 4.53. The van der Waals surface area contributed by atoms with Gasteiger partial charge in [-0.05, 0) is 31.4 Å². The maximum atomic E-state index is 4.75. The summed E-state index contributed by atoms with van der Waals surface area (Å²) in [4.78, 5) is 12.5. The second-order valence-electron chi connectivity index (χ2n) is 6.20. The standard InChI is InChI=1S/C18H20N4/c1-12-9-14(10-16(21-12)13-5-3-2-4-6-13)18-20-11-17-15(22-18)7-8-19-17/h2-8,11-12,14,16,19,21H,9-10H2,1H3. The zero-order valence-corrected chi connectivity index (χ0v) is 12.7. The van der Waals surface area contributed by atoms with Crippen molar-refractivity contribution in [1.29, 1.82) is 0 Å². The number of rotatable bonds is 2. The van der Waals surface area contributed by atoms with Gasteiger partial charge in [0.1, 0.15) is 5.82 Å². The fourth-order valence-corrected chi connectivity index (χ4v) is 3.47. The Bertz CT molecular complexity index is 765. The molecule has 1 fully saturated rings. The van der Waals surface area contributed by atoms with Crippen LogP contribution in [-0.2, 0) is 0 Å². The van der Waals surface area contributed by atoms with E-state index in [4.69, 9.17) is 4.98 Å². The molecule has 0 spiro atoms. The minimum atomic E-state index is 0.375. The van der Waals surface area contributed by atoms with Crippen LogP contribution in [-0.4, -0.2) is 21.0 Å². The van der Waals surface area contributed by atoms with Crippen molar-refractivity contribution in [2.45, 2.75) is 37.8 Å². The molecule has 1 aliphatic heterocycles. The van der Waals surface area contributed by atoms with Gasteiger partial charge < -0.3 is 10.3 Å².